The molecule has 1 aromatic rings. The average Bonchev–Trinajstić information content (AvgIpc) is 2.95. The van der Waals surface area contributed by atoms with Crippen LogP contribution in [0.1, 0.15) is 25.7 Å². The molecule has 1 aromatic carbocycles. The van der Waals surface area contributed by atoms with E-state index in [-0.39, 0.29) is 24.9 Å². The minimum atomic E-state index is -0.749. The lowest BCUT2D eigenvalue weighted by molar-refractivity contribution is -0.862. The van der Waals surface area contributed by atoms with Gasteiger partial charge in [0, 0.05) is 5.69 Å². The van der Waals surface area contributed by atoms with Gasteiger partial charge in [0.2, 0.25) is 0 Å². The average molecular weight is 333 g/mol. The highest BCUT2D eigenvalue weighted by Crippen LogP contribution is 2.28. The van der Waals surface area contributed by atoms with E-state index in [1.807, 2.05) is 0 Å². The zero-order chi connectivity index (χ0) is 17.6. The van der Waals surface area contributed by atoms with Gasteiger partial charge in [0.1, 0.15) is 11.4 Å². The molecule has 24 heavy (non-hydrogen) atoms. The molecule has 3 N–H and O–H groups in total. The van der Waals surface area contributed by atoms with Crippen LogP contribution in [-0.2, 0) is 9.59 Å². The molecule has 1 aliphatic carbocycles. The number of halogens is 1. The van der Waals surface area contributed by atoms with Crippen LogP contribution in [-0.4, -0.2) is 37.5 Å². The number of likely N-dealkylation sites (N-methyl/N-ethyl adjacent to an activating group) is 1. The molecule has 2 rings (SSSR count). The van der Waals surface area contributed by atoms with Crippen LogP contribution in [0, 0.1) is 17.1 Å². The molecule has 1 saturated carbocycles. The lowest BCUT2D eigenvalue weighted by Crippen LogP contribution is -3.11. The third kappa shape index (κ3) is 5.03. The van der Waals surface area contributed by atoms with Gasteiger partial charge in [0.05, 0.1) is 13.1 Å². The number of rotatable bonds is 6. The van der Waals surface area contributed by atoms with Gasteiger partial charge in [-0.2, -0.15) is 5.26 Å². The molecule has 7 heteroatoms. The van der Waals surface area contributed by atoms with Gasteiger partial charge in [-0.15, -0.1) is 0 Å². The fourth-order valence-corrected chi connectivity index (χ4v) is 2.94. The van der Waals surface area contributed by atoms with Crippen LogP contribution >= 0.6 is 0 Å². The van der Waals surface area contributed by atoms with E-state index in [0.717, 1.165) is 12.8 Å². The van der Waals surface area contributed by atoms with E-state index >= 15 is 0 Å². The highest BCUT2D eigenvalue weighted by molar-refractivity contribution is 5.91. The minimum absolute atomic E-state index is 0.0729. The summed E-state index contributed by atoms with van der Waals surface area (Å²) in [5.41, 5.74) is -0.368. The Hall–Kier alpha value is -2.46. The second-order valence-corrected chi connectivity index (χ2v) is 6.32. The molecule has 6 nitrogen and oxygen atoms in total. The number of nitrogens with zero attached hydrogens (tertiary/aromatic N) is 1. The van der Waals surface area contributed by atoms with Crippen molar-refractivity contribution in [1.82, 2.24) is 5.32 Å². The summed E-state index contributed by atoms with van der Waals surface area (Å²) in [5.74, 6) is -0.970. The molecule has 0 saturated heterocycles. The van der Waals surface area contributed by atoms with E-state index < -0.39 is 11.4 Å². The first-order chi connectivity index (χ1) is 11.4. The molecular weight excluding hydrogens is 311 g/mol. The van der Waals surface area contributed by atoms with Gasteiger partial charge in [-0.05, 0) is 43.9 Å². The summed E-state index contributed by atoms with van der Waals surface area (Å²) in [7, 11) is 1.72. The first-order valence-electron chi connectivity index (χ1n) is 8.01. The van der Waals surface area contributed by atoms with E-state index in [1.54, 1.807) is 13.1 Å². The summed E-state index contributed by atoms with van der Waals surface area (Å²) in [5, 5.41) is 14.7. The summed E-state index contributed by atoms with van der Waals surface area (Å²) < 4.78 is 13.1. The van der Waals surface area contributed by atoms with Crippen LogP contribution < -0.4 is 15.5 Å². The van der Waals surface area contributed by atoms with E-state index in [0.29, 0.717) is 23.4 Å². The maximum absolute atomic E-state index is 13.1. The van der Waals surface area contributed by atoms with Crippen molar-refractivity contribution in [2.24, 2.45) is 0 Å². The Kier molecular flexibility index (Phi) is 5.88. The Morgan fingerprint density at radius 2 is 1.96 bits per heavy atom. The number of carbonyl (C=O) groups is 2. The quantitative estimate of drug-likeness (QED) is 0.697. The number of hydrogen-bond donors (Lipinski definition) is 3. The normalized spacial score (nSPS) is 16.9. The molecule has 0 spiro atoms. The predicted octanol–water partition coefficient (Wildman–Crippen LogP) is 0.231. The van der Waals surface area contributed by atoms with Crippen LogP contribution in [0.4, 0.5) is 10.1 Å². The summed E-state index contributed by atoms with van der Waals surface area (Å²) in [6.45, 7) is 0.170. The van der Waals surface area contributed by atoms with Crippen molar-refractivity contribution in [1.29, 1.82) is 5.26 Å². The third-order valence-electron chi connectivity index (χ3n) is 4.08. The fraction of sp³-hybridized carbons (Fsp3) is 0.471. The number of hydrogen-bond acceptors (Lipinski definition) is 3. The molecule has 128 valence electrons. The van der Waals surface area contributed by atoms with Gasteiger partial charge in [0.25, 0.3) is 11.8 Å². The van der Waals surface area contributed by atoms with Crippen LogP contribution in [0.15, 0.2) is 24.3 Å². The van der Waals surface area contributed by atoms with Crippen molar-refractivity contribution in [3.8, 4) is 6.07 Å². The van der Waals surface area contributed by atoms with Crippen molar-refractivity contribution in [3.63, 3.8) is 0 Å². The molecule has 1 unspecified atom stereocenters. The van der Waals surface area contributed by atoms with E-state index in [1.165, 1.54) is 18.2 Å². The molecule has 0 aromatic heterocycles. The maximum Gasteiger partial charge on any atom is 0.279 e. The van der Waals surface area contributed by atoms with Gasteiger partial charge in [-0.1, -0.05) is 6.07 Å². The Morgan fingerprint density at radius 3 is 2.58 bits per heavy atom. The molecule has 0 radical (unpaired) electrons. The SMILES string of the molecule is C[NH+](CC(=O)Nc1cccc(F)c1)CC(=O)NC1(C#N)CCCC1. The summed E-state index contributed by atoms with van der Waals surface area (Å²) >= 11 is 0. The molecule has 1 atom stereocenters. The first kappa shape index (κ1) is 17.9. The first-order valence-corrected chi connectivity index (χ1v) is 8.01. The molecule has 1 aliphatic rings. The molecule has 0 heterocycles. The zero-order valence-corrected chi connectivity index (χ0v) is 13.7. The van der Waals surface area contributed by atoms with Crippen molar-refractivity contribution < 1.29 is 18.9 Å². The predicted molar refractivity (Wildman–Crippen MR) is 86.6 cm³/mol. The third-order valence-corrected chi connectivity index (χ3v) is 4.08. The lowest BCUT2D eigenvalue weighted by Gasteiger charge is -2.22. The number of anilines is 1. The minimum Gasteiger partial charge on any atom is -0.333 e. The molecule has 0 bridgehead atoms. The second-order valence-electron chi connectivity index (χ2n) is 6.32. The van der Waals surface area contributed by atoms with Crippen molar-refractivity contribution in [2.75, 3.05) is 25.5 Å². The van der Waals surface area contributed by atoms with Gasteiger partial charge in [-0.3, -0.25) is 9.59 Å². The molecule has 0 aliphatic heterocycles. The Morgan fingerprint density at radius 1 is 1.29 bits per heavy atom. The Balaban J connectivity index is 1.79. The van der Waals surface area contributed by atoms with Crippen LogP contribution in [0.2, 0.25) is 0 Å². The van der Waals surface area contributed by atoms with Crippen LogP contribution in [0.3, 0.4) is 0 Å². The number of nitrogens with one attached hydrogen (secondary N) is 3. The number of nitriles is 1. The summed E-state index contributed by atoms with van der Waals surface area (Å²) in [6.07, 6.45) is 3.22. The van der Waals surface area contributed by atoms with Crippen molar-refractivity contribution in [2.45, 2.75) is 31.2 Å². The highest BCUT2D eigenvalue weighted by atomic mass is 19.1. The summed E-state index contributed by atoms with van der Waals surface area (Å²) in [6, 6.07) is 7.84. The Bertz CT molecular complexity index is 650. The number of amides is 2. The Labute approximate surface area is 140 Å². The maximum atomic E-state index is 13.1. The van der Waals surface area contributed by atoms with Crippen LogP contribution in [0.25, 0.3) is 0 Å². The van der Waals surface area contributed by atoms with Crippen molar-refractivity contribution in [3.05, 3.63) is 30.1 Å². The number of carbonyl (C=O) groups excluding carboxylic acids is 2. The van der Waals surface area contributed by atoms with Crippen molar-refractivity contribution >= 4 is 17.5 Å². The topological polar surface area (TPSA) is 86.4 Å². The molecular formula is C17H22FN4O2+. The van der Waals surface area contributed by atoms with Gasteiger partial charge in [0.15, 0.2) is 13.1 Å². The largest absolute Gasteiger partial charge is 0.333 e. The molecule has 1 fully saturated rings. The van der Waals surface area contributed by atoms with Gasteiger partial charge in [-0.25, -0.2) is 4.39 Å². The van der Waals surface area contributed by atoms with E-state index in [2.05, 4.69) is 16.7 Å². The highest BCUT2D eigenvalue weighted by Gasteiger charge is 2.35. The number of benzene rings is 1. The monoisotopic (exact) mass is 333 g/mol. The molecule has 2 amide bonds. The van der Waals surface area contributed by atoms with Crippen LogP contribution in [0.5, 0.6) is 0 Å². The van der Waals surface area contributed by atoms with Gasteiger partial charge < -0.3 is 15.5 Å². The fourth-order valence-electron chi connectivity index (χ4n) is 2.94. The standard InChI is InChI=1S/C17H21FN4O2/c1-22(10-15(23)20-14-6-4-5-13(18)9-14)11-16(24)21-17(12-19)7-2-3-8-17/h4-6,9H,2-3,7-8,10-11H2,1H3,(H,20,23)(H,21,24)/p+1. The zero-order valence-electron chi connectivity index (χ0n) is 13.7. The van der Waals surface area contributed by atoms with E-state index in [4.69, 9.17) is 0 Å². The summed E-state index contributed by atoms with van der Waals surface area (Å²) in [4.78, 5) is 24.7. The van der Waals surface area contributed by atoms with Gasteiger partial charge >= 0.3 is 0 Å². The second kappa shape index (κ2) is 7.88. The lowest BCUT2D eigenvalue weighted by atomic mass is 10.00. The smallest absolute Gasteiger partial charge is 0.279 e. The van der Waals surface area contributed by atoms with E-state index in [9.17, 15) is 19.2 Å². The number of quaternary nitrogens is 1.